The van der Waals surface area contributed by atoms with Crippen molar-refractivity contribution in [2.75, 3.05) is 0 Å². The second-order valence-electron chi connectivity index (χ2n) is 5.56. The first-order valence-electron chi connectivity index (χ1n) is 7.57. The zero-order valence-electron chi connectivity index (χ0n) is 13.3. The fourth-order valence-electron chi connectivity index (χ4n) is 2.61. The quantitative estimate of drug-likeness (QED) is 0.589. The highest BCUT2D eigenvalue weighted by molar-refractivity contribution is 7.19. The number of phenols is 2. The van der Waals surface area contributed by atoms with E-state index in [1.165, 1.54) is 4.80 Å². The van der Waals surface area contributed by atoms with Crippen molar-refractivity contribution in [3.8, 4) is 43.8 Å². The van der Waals surface area contributed by atoms with Gasteiger partial charge in [0.15, 0.2) is 0 Å². The van der Waals surface area contributed by atoms with Crippen LogP contribution in [0.2, 0.25) is 0 Å². The minimum atomic E-state index is 0.197. The molecule has 4 aromatic rings. The van der Waals surface area contributed by atoms with Crippen LogP contribution < -0.4 is 0 Å². The third kappa shape index (κ3) is 2.97. The monoisotopic (exact) mass is 350 g/mol. The Hall–Kier alpha value is -3.19. The summed E-state index contributed by atoms with van der Waals surface area (Å²) in [6.45, 7) is 0. The number of aromatic hydroxyl groups is 2. The molecule has 0 radical (unpaired) electrons. The summed E-state index contributed by atoms with van der Waals surface area (Å²) in [5, 5.41) is 31.9. The fraction of sp³-hybridized carbons (Fsp3) is 0.0556. The van der Waals surface area contributed by atoms with E-state index >= 15 is 0 Å². The van der Waals surface area contributed by atoms with Gasteiger partial charge in [-0.05, 0) is 46.7 Å². The average Bonchev–Trinajstić information content (AvgIpc) is 3.21. The molecule has 0 saturated carbocycles. The zero-order chi connectivity index (χ0) is 17.4. The van der Waals surface area contributed by atoms with Gasteiger partial charge in [-0.15, -0.1) is 21.5 Å². The van der Waals surface area contributed by atoms with E-state index in [0.717, 1.165) is 26.4 Å². The molecule has 0 saturated heterocycles. The van der Waals surface area contributed by atoms with Gasteiger partial charge in [-0.3, -0.25) is 0 Å². The molecule has 0 unspecified atom stereocenters. The molecule has 25 heavy (non-hydrogen) atoms. The number of nitrogens with zero attached hydrogens (tertiary/aromatic N) is 4. The lowest BCUT2D eigenvalue weighted by Crippen LogP contribution is -1.91. The van der Waals surface area contributed by atoms with Crippen LogP contribution in [0.25, 0.3) is 32.3 Å². The Labute approximate surface area is 147 Å². The zero-order valence-corrected chi connectivity index (χ0v) is 14.1. The summed E-state index contributed by atoms with van der Waals surface area (Å²) in [6, 6.07) is 16.1. The average molecular weight is 350 g/mol. The number of aromatic nitrogens is 4. The van der Waals surface area contributed by atoms with Gasteiger partial charge in [0.2, 0.25) is 5.82 Å². The molecule has 0 aliphatic carbocycles. The number of hydrogen-bond donors (Lipinski definition) is 2. The standard InChI is InChI=1S/C18H14N4O2S/c1-22-20-18(19-21-22)15-10-16(11-4-2-6-13(23)8-11)25-17(15)12-5-3-7-14(24)9-12/h2-10,23-24H,1H3. The van der Waals surface area contributed by atoms with Crippen LogP contribution in [0.1, 0.15) is 0 Å². The van der Waals surface area contributed by atoms with Gasteiger partial charge in [-0.1, -0.05) is 24.3 Å². The normalized spacial score (nSPS) is 10.9. The molecule has 6 nitrogen and oxygen atoms in total. The van der Waals surface area contributed by atoms with E-state index < -0.39 is 0 Å². The Morgan fingerprint density at radius 2 is 1.60 bits per heavy atom. The van der Waals surface area contributed by atoms with Gasteiger partial charge in [0.1, 0.15) is 11.5 Å². The van der Waals surface area contributed by atoms with Crippen molar-refractivity contribution in [3.63, 3.8) is 0 Å². The van der Waals surface area contributed by atoms with E-state index in [4.69, 9.17) is 0 Å². The number of hydrogen-bond acceptors (Lipinski definition) is 6. The summed E-state index contributed by atoms with van der Waals surface area (Å²) in [5.41, 5.74) is 2.61. The van der Waals surface area contributed by atoms with Crippen LogP contribution in [-0.2, 0) is 7.05 Å². The van der Waals surface area contributed by atoms with E-state index in [-0.39, 0.29) is 11.5 Å². The highest BCUT2D eigenvalue weighted by Crippen LogP contribution is 2.43. The van der Waals surface area contributed by atoms with Crippen molar-refractivity contribution < 1.29 is 10.2 Å². The maximum Gasteiger partial charge on any atom is 0.206 e. The summed E-state index contributed by atoms with van der Waals surface area (Å²) in [4.78, 5) is 3.31. The van der Waals surface area contributed by atoms with E-state index in [9.17, 15) is 10.2 Å². The third-order valence-electron chi connectivity index (χ3n) is 3.72. The first-order valence-corrected chi connectivity index (χ1v) is 8.39. The molecule has 0 spiro atoms. The highest BCUT2D eigenvalue weighted by atomic mass is 32.1. The minimum absolute atomic E-state index is 0.197. The van der Waals surface area contributed by atoms with Crippen LogP contribution in [0.5, 0.6) is 11.5 Å². The van der Waals surface area contributed by atoms with Gasteiger partial charge in [0, 0.05) is 15.3 Å². The number of thiophene rings is 1. The summed E-state index contributed by atoms with van der Waals surface area (Å²) in [6.07, 6.45) is 0. The van der Waals surface area contributed by atoms with Gasteiger partial charge in [0.05, 0.1) is 7.05 Å². The molecule has 4 rings (SSSR count). The van der Waals surface area contributed by atoms with E-state index in [1.54, 1.807) is 54.8 Å². The fourth-order valence-corrected chi connectivity index (χ4v) is 3.76. The molecule has 2 aromatic heterocycles. The van der Waals surface area contributed by atoms with E-state index in [2.05, 4.69) is 15.4 Å². The Morgan fingerprint density at radius 3 is 2.24 bits per heavy atom. The Bertz CT molecular complexity index is 1050. The second kappa shape index (κ2) is 6.03. The Balaban J connectivity index is 1.92. The van der Waals surface area contributed by atoms with Crippen molar-refractivity contribution in [2.24, 2.45) is 7.05 Å². The van der Waals surface area contributed by atoms with Gasteiger partial charge in [0.25, 0.3) is 0 Å². The van der Waals surface area contributed by atoms with Gasteiger partial charge >= 0.3 is 0 Å². The molecule has 2 heterocycles. The third-order valence-corrected chi connectivity index (χ3v) is 4.95. The lowest BCUT2D eigenvalue weighted by molar-refractivity contribution is 0.475. The van der Waals surface area contributed by atoms with Crippen molar-refractivity contribution >= 4 is 11.3 Å². The molecule has 0 aliphatic heterocycles. The topological polar surface area (TPSA) is 84.1 Å². The van der Waals surface area contributed by atoms with Gasteiger partial charge < -0.3 is 10.2 Å². The molecule has 0 atom stereocenters. The lowest BCUT2D eigenvalue weighted by Gasteiger charge is -2.01. The SMILES string of the molecule is Cn1nnc(-c2cc(-c3cccc(O)c3)sc2-c2cccc(O)c2)n1. The van der Waals surface area contributed by atoms with E-state index in [0.29, 0.717) is 5.82 Å². The van der Waals surface area contributed by atoms with Crippen molar-refractivity contribution in [1.82, 2.24) is 20.2 Å². The largest absolute Gasteiger partial charge is 0.508 e. The van der Waals surface area contributed by atoms with Crippen LogP contribution in [-0.4, -0.2) is 30.4 Å². The van der Waals surface area contributed by atoms with Crippen molar-refractivity contribution in [2.45, 2.75) is 0 Å². The van der Waals surface area contributed by atoms with Crippen molar-refractivity contribution in [1.29, 1.82) is 0 Å². The van der Waals surface area contributed by atoms with Crippen LogP contribution >= 0.6 is 11.3 Å². The van der Waals surface area contributed by atoms with Gasteiger partial charge in [-0.2, -0.15) is 4.80 Å². The molecular weight excluding hydrogens is 336 g/mol. The van der Waals surface area contributed by atoms with Crippen LogP contribution in [0.15, 0.2) is 54.6 Å². The number of phenolic OH excluding ortho intramolecular Hbond substituents is 2. The maximum absolute atomic E-state index is 9.82. The Kier molecular flexibility index (Phi) is 3.70. The molecule has 2 aromatic carbocycles. The molecule has 0 amide bonds. The summed E-state index contributed by atoms with van der Waals surface area (Å²) >= 11 is 1.55. The van der Waals surface area contributed by atoms with Crippen LogP contribution in [0, 0.1) is 0 Å². The molecule has 0 bridgehead atoms. The van der Waals surface area contributed by atoms with Crippen molar-refractivity contribution in [3.05, 3.63) is 54.6 Å². The number of tetrazole rings is 1. The first kappa shape index (κ1) is 15.3. The summed E-state index contributed by atoms with van der Waals surface area (Å²) in [5.74, 6) is 0.926. The molecule has 2 N–H and O–H groups in total. The lowest BCUT2D eigenvalue weighted by atomic mass is 10.1. The summed E-state index contributed by atoms with van der Waals surface area (Å²) in [7, 11) is 1.72. The van der Waals surface area contributed by atoms with Crippen LogP contribution in [0.3, 0.4) is 0 Å². The summed E-state index contributed by atoms with van der Waals surface area (Å²) < 4.78 is 0. The second-order valence-corrected chi connectivity index (χ2v) is 6.61. The highest BCUT2D eigenvalue weighted by Gasteiger charge is 2.18. The predicted octanol–water partition coefficient (Wildman–Crippen LogP) is 3.68. The van der Waals surface area contributed by atoms with Gasteiger partial charge in [-0.25, -0.2) is 0 Å². The predicted molar refractivity (Wildman–Crippen MR) is 96.3 cm³/mol. The minimum Gasteiger partial charge on any atom is -0.508 e. The maximum atomic E-state index is 9.82. The molecule has 0 aliphatic rings. The molecular formula is C18H14N4O2S. The number of aryl methyl sites for hydroxylation is 1. The number of benzene rings is 2. The number of rotatable bonds is 3. The van der Waals surface area contributed by atoms with E-state index in [1.807, 2.05) is 18.2 Å². The smallest absolute Gasteiger partial charge is 0.206 e. The molecule has 124 valence electrons. The Morgan fingerprint density at radius 1 is 0.920 bits per heavy atom. The molecule has 7 heteroatoms. The molecule has 0 fully saturated rings. The van der Waals surface area contributed by atoms with Crippen LogP contribution in [0.4, 0.5) is 0 Å². The first-order chi connectivity index (χ1) is 12.1.